The van der Waals surface area contributed by atoms with Crippen molar-refractivity contribution in [2.45, 2.75) is 111 Å². The van der Waals surface area contributed by atoms with Crippen molar-refractivity contribution in [3.63, 3.8) is 0 Å². The molecule has 0 spiro atoms. The number of benzene rings is 10. The standard InChI is InChI=1S/C28H20O4.C21H18O5.C18H16O4.C14H14O4/c1-13(29)17-5-9-21-23-11-7-19(15(3)31)26-20(16(4)32)8-12-24(28(23)26)22-10-6-18(14(2)30)25(17)27(21)22;1-11(22)17-7-5-15(9-19(17)13(3)24)21(26)16-6-8-18(12(2)23)20(10-16)14(4)25;1-9(19)13-5-6-15(11(3)21)18-16(12(4)22)8-7-14(10(2)20)17(13)18;1-7(15)11-5-13(9(3)17)14(10(4)18)6-12(11)8(2)16/h5-12H,1-4H3;5-10H,1-4H3;5-8H,1-4H3;5-6H,1-4H3. The van der Waals surface area contributed by atoms with Gasteiger partial charge in [-0.25, -0.2) is 0 Å². The first kappa shape index (κ1) is 73.6. The molecule has 10 rings (SSSR count). The van der Waals surface area contributed by atoms with Crippen molar-refractivity contribution in [3.05, 3.63) is 221 Å². The van der Waals surface area contributed by atoms with Crippen LogP contribution in [-0.2, 0) is 0 Å². The van der Waals surface area contributed by atoms with E-state index in [0.29, 0.717) is 66.1 Å². The highest BCUT2D eigenvalue weighted by molar-refractivity contribution is 6.39. The summed E-state index contributed by atoms with van der Waals surface area (Å²) in [5.41, 5.74) is 5.44. The molecule has 0 aliphatic carbocycles. The highest BCUT2D eigenvalue weighted by Crippen LogP contribution is 2.44. The van der Waals surface area contributed by atoms with Gasteiger partial charge in [-0.05, 0) is 179 Å². The Kier molecular flexibility index (Phi) is 22.1. The van der Waals surface area contributed by atoms with Crippen LogP contribution in [-0.4, -0.2) is 98.3 Å². The summed E-state index contributed by atoms with van der Waals surface area (Å²) < 4.78 is 0. The fourth-order valence-corrected chi connectivity index (χ4v) is 12.2. The van der Waals surface area contributed by atoms with Gasteiger partial charge >= 0.3 is 0 Å². The van der Waals surface area contributed by atoms with Gasteiger partial charge in [0.2, 0.25) is 0 Å². The van der Waals surface area contributed by atoms with Crippen molar-refractivity contribution in [1.29, 1.82) is 0 Å². The van der Waals surface area contributed by atoms with Crippen molar-refractivity contribution in [3.8, 4) is 0 Å². The molecular formula is C81H68O17. The number of fused-ring (bicyclic) bond motifs is 3. The SMILES string of the molecule is CC(=O)c1cc(C(C)=O)c(C(C)=O)cc1C(C)=O.CC(=O)c1ccc(C(=O)c2ccc(C(C)=O)c(C(C)=O)c2)cc1C(C)=O.CC(=O)c1ccc(C(C)=O)c2c(C(C)=O)ccc(C(C)=O)c12.CC(=O)c1ccc2c3ccc(C(C)=O)c4c(C(C)=O)ccc(c5ccc(C(C)=O)c1c25)c43. The molecule has 98 heavy (non-hydrogen) atoms. The Hall–Kier alpha value is -11.9. The van der Waals surface area contributed by atoms with E-state index in [9.17, 15) is 81.5 Å². The Morgan fingerprint density at radius 3 is 0.469 bits per heavy atom. The van der Waals surface area contributed by atoms with Gasteiger partial charge in [-0.1, -0.05) is 84.9 Å². The van der Waals surface area contributed by atoms with Crippen LogP contribution in [0.1, 0.15) is 292 Å². The van der Waals surface area contributed by atoms with Gasteiger partial charge in [0.25, 0.3) is 0 Å². The molecule has 0 aromatic heterocycles. The molecule has 0 atom stereocenters. The Labute approximate surface area is 563 Å². The maximum atomic E-state index is 12.8. The Morgan fingerprint density at radius 2 is 0.296 bits per heavy atom. The van der Waals surface area contributed by atoms with E-state index in [0.717, 1.165) is 32.3 Å². The number of Topliss-reactive ketones (excluding diaryl/α,β-unsaturated/α-hetero) is 16. The van der Waals surface area contributed by atoms with Crippen molar-refractivity contribution in [2.75, 3.05) is 0 Å². The topological polar surface area (TPSA) is 290 Å². The van der Waals surface area contributed by atoms with Crippen LogP contribution in [0.25, 0.3) is 53.9 Å². The molecule has 0 saturated carbocycles. The van der Waals surface area contributed by atoms with E-state index in [4.69, 9.17) is 0 Å². The minimum Gasteiger partial charge on any atom is -0.294 e. The molecule has 17 nitrogen and oxygen atoms in total. The monoisotopic (exact) mass is 1310 g/mol. The summed E-state index contributed by atoms with van der Waals surface area (Å²) >= 11 is 0. The molecule has 0 aliphatic rings. The fraction of sp³-hybridized carbons (Fsp3) is 0.198. The molecule has 10 aromatic carbocycles. The lowest BCUT2D eigenvalue weighted by Crippen LogP contribution is -2.12. The molecule has 0 N–H and O–H groups in total. The van der Waals surface area contributed by atoms with Gasteiger partial charge in [-0.15, -0.1) is 0 Å². The first-order chi connectivity index (χ1) is 45.9. The maximum Gasteiger partial charge on any atom is 0.193 e. The lowest BCUT2D eigenvalue weighted by Gasteiger charge is -2.19. The highest BCUT2D eigenvalue weighted by Gasteiger charge is 2.27. The second-order valence-corrected chi connectivity index (χ2v) is 23.9. The predicted octanol–water partition coefficient (Wildman–Crippen LogP) is 16.4. The van der Waals surface area contributed by atoms with Gasteiger partial charge in [0.05, 0.1) is 0 Å². The smallest absolute Gasteiger partial charge is 0.193 e. The van der Waals surface area contributed by atoms with Crippen molar-refractivity contribution in [1.82, 2.24) is 0 Å². The number of carbonyl (C=O) groups excluding carboxylic acids is 17. The normalized spacial score (nSPS) is 10.7. The van der Waals surface area contributed by atoms with Gasteiger partial charge in [-0.3, -0.25) is 81.5 Å². The zero-order valence-corrected chi connectivity index (χ0v) is 57.0. The Bertz CT molecular complexity index is 4760. The lowest BCUT2D eigenvalue weighted by molar-refractivity contribution is 0.0970. The Morgan fingerprint density at radius 1 is 0.153 bits per heavy atom. The van der Waals surface area contributed by atoms with Crippen LogP contribution in [0.5, 0.6) is 0 Å². The molecule has 17 heteroatoms. The largest absolute Gasteiger partial charge is 0.294 e. The molecule has 0 amide bonds. The summed E-state index contributed by atoms with van der Waals surface area (Å²) in [5.74, 6) is -4.10. The van der Waals surface area contributed by atoms with Crippen LogP contribution >= 0.6 is 0 Å². The summed E-state index contributed by atoms with van der Waals surface area (Å²) in [5, 5.41) is 7.34. The van der Waals surface area contributed by atoms with Gasteiger partial charge < -0.3 is 0 Å². The average Bonchev–Trinajstić information content (AvgIpc) is 0.698. The molecular weight excluding hydrogens is 1240 g/mol. The van der Waals surface area contributed by atoms with Crippen LogP contribution in [0.15, 0.2) is 121 Å². The quantitative estimate of drug-likeness (QED) is 0.0438. The van der Waals surface area contributed by atoms with Crippen LogP contribution in [0.2, 0.25) is 0 Å². The molecule has 0 aliphatic heterocycles. The van der Waals surface area contributed by atoms with Crippen LogP contribution in [0.4, 0.5) is 0 Å². The van der Waals surface area contributed by atoms with E-state index in [1.807, 2.05) is 24.3 Å². The summed E-state index contributed by atoms with van der Waals surface area (Å²) in [6.45, 7) is 22.2. The molecule has 0 saturated heterocycles. The maximum absolute atomic E-state index is 12.8. The third kappa shape index (κ3) is 14.5. The van der Waals surface area contributed by atoms with E-state index < -0.39 is 5.78 Å². The van der Waals surface area contributed by atoms with E-state index in [1.165, 1.54) is 184 Å². The predicted molar refractivity (Wildman–Crippen MR) is 374 cm³/mol. The lowest BCUT2D eigenvalue weighted by atomic mass is 9.83. The zero-order valence-electron chi connectivity index (χ0n) is 57.0. The van der Waals surface area contributed by atoms with Gasteiger partial charge in [0, 0.05) is 122 Å². The molecule has 0 heterocycles. The number of rotatable bonds is 18. The van der Waals surface area contributed by atoms with Crippen LogP contribution in [0.3, 0.4) is 0 Å². The summed E-state index contributed by atoms with van der Waals surface area (Å²) in [7, 11) is 0. The van der Waals surface area contributed by atoms with E-state index in [2.05, 4.69) is 0 Å². The second kappa shape index (κ2) is 29.4. The first-order valence-corrected chi connectivity index (χ1v) is 30.8. The van der Waals surface area contributed by atoms with E-state index >= 15 is 0 Å². The Balaban J connectivity index is 0.000000188. The average molecular weight is 1310 g/mol. The third-order valence-corrected chi connectivity index (χ3v) is 16.9. The van der Waals surface area contributed by atoms with Gasteiger partial charge in [0.15, 0.2) is 98.3 Å². The summed E-state index contributed by atoms with van der Waals surface area (Å²) in [6, 6.07) is 32.1. The molecule has 0 bridgehead atoms. The molecule has 0 unspecified atom stereocenters. The van der Waals surface area contributed by atoms with Crippen molar-refractivity contribution < 1.29 is 81.5 Å². The van der Waals surface area contributed by atoms with Gasteiger partial charge in [0.1, 0.15) is 0 Å². The van der Waals surface area contributed by atoms with Crippen LogP contribution < -0.4 is 0 Å². The highest BCUT2D eigenvalue weighted by atomic mass is 16.2. The minimum absolute atomic E-state index is 0.106. The zero-order chi connectivity index (χ0) is 73.1. The second-order valence-electron chi connectivity index (χ2n) is 23.9. The van der Waals surface area contributed by atoms with Crippen molar-refractivity contribution in [2.24, 2.45) is 0 Å². The molecule has 494 valence electrons. The fourth-order valence-electron chi connectivity index (χ4n) is 12.2. The third-order valence-electron chi connectivity index (χ3n) is 16.9. The minimum atomic E-state index is -0.403. The van der Waals surface area contributed by atoms with Gasteiger partial charge in [-0.2, -0.15) is 0 Å². The van der Waals surface area contributed by atoms with Crippen molar-refractivity contribution >= 4 is 152 Å². The number of ketones is 17. The first-order valence-electron chi connectivity index (χ1n) is 30.8. The number of hydrogen-bond acceptors (Lipinski definition) is 17. The summed E-state index contributed by atoms with van der Waals surface area (Å²) in [4.78, 5) is 203. The molecule has 0 radical (unpaired) electrons. The number of carbonyl (C=O) groups is 17. The van der Waals surface area contributed by atoms with Crippen LogP contribution in [0, 0.1) is 0 Å². The summed E-state index contributed by atoms with van der Waals surface area (Å²) in [6.07, 6.45) is 0. The number of hydrogen-bond donors (Lipinski definition) is 0. The van der Waals surface area contributed by atoms with E-state index in [1.54, 1.807) is 24.3 Å². The molecule has 0 fully saturated rings. The molecule has 10 aromatic rings. The van der Waals surface area contributed by atoms with E-state index in [-0.39, 0.29) is 148 Å².